The van der Waals surface area contributed by atoms with Crippen LogP contribution in [0.2, 0.25) is 0 Å². The van der Waals surface area contributed by atoms with Crippen LogP contribution in [0.1, 0.15) is 57.7 Å². The summed E-state index contributed by atoms with van der Waals surface area (Å²) in [5, 5.41) is 5.97. The lowest BCUT2D eigenvalue weighted by Gasteiger charge is -2.20. The number of amides is 2. The summed E-state index contributed by atoms with van der Waals surface area (Å²) in [6.45, 7) is 4.51. The fraction of sp³-hybridized carbons (Fsp3) is 0.231. The van der Waals surface area contributed by atoms with Crippen molar-refractivity contribution in [3.05, 3.63) is 101 Å². The minimum atomic E-state index is -0.366. The second-order valence-electron chi connectivity index (χ2n) is 7.65. The lowest BCUT2D eigenvalue weighted by molar-refractivity contribution is 0.0908. The number of hydrogen-bond donors (Lipinski definition) is 2. The van der Waals surface area contributed by atoms with E-state index in [1.165, 1.54) is 5.56 Å². The van der Waals surface area contributed by atoms with Gasteiger partial charge in [-0.2, -0.15) is 0 Å². The molecule has 0 aliphatic heterocycles. The zero-order valence-corrected chi connectivity index (χ0v) is 18.1. The highest BCUT2D eigenvalue weighted by Gasteiger charge is 2.17. The molecule has 3 aromatic carbocycles. The highest BCUT2D eigenvalue weighted by atomic mass is 16.5. The average molecular weight is 417 g/mol. The second-order valence-corrected chi connectivity index (χ2v) is 7.65. The first kappa shape index (κ1) is 22.1. The van der Waals surface area contributed by atoms with E-state index in [9.17, 15) is 9.59 Å². The maximum Gasteiger partial charge on any atom is 0.251 e. The third-order valence-corrected chi connectivity index (χ3v) is 5.17. The third-order valence-electron chi connectivity index (χ3n) is 5.17. The van der Waals surface area contributed by atoms with E-state index in [2.05, 4.69) is 24.5 Å². The maximum atomic E-state index is 12.8. The number of carbonyl (C=O) groups excluding carboxylic acids is 2. The van der Waals surface area contributed by atoms with Crippen LogP contribution in [0.15, 0.2) is 78.9 Å². The Morgan fingerprint density at radius 3 is 1.94 bits per heavy atom. The van der Waals surface area contributed by atoms with Crippen molar-refractivity contribution in [1.29, 1.82) is 0 Å². The molecule has 160 valence electrons. The lowest BCUT2D eigenvalue weighted by atomic mass is 10.0. The largest absolute Gasteiger partial charge is 0.497 e. The number of hydrogen-bond acceptors (Lipinski definition) is 3. The van der Waals surface area contributed by atoms with Gasteiger partial charge in [-0.15, -0.1) is 0 Å². The molecule has 0 saturated heterocycles. The van der Waals surface area contributed by atoms with Gasteiger partial charge in [0.2, 0.25) is 0 Å². The van der Waals surface area contributed by atoms with Crippen molar-refractivity contribution in [2.75, 3.05) is 13.7 Å². The minimum absolute atomic E-state index is 0.171. The van der Waals surface area contributed by atoms with Crippen molar-refractivity contribution in [2.24, 2.45) is 0 Å². The van der Waals surface area contributed by atoms with Crippen molar-refractivity contribution in [3.8, 4) is 5.75 Å². The van der Waals surface area contributed by atoms with Crippen molar-refractivity contribution in [2.45, 2.75) is 25.8 Å². The standard InChI is InChI=1S/C26H28N2O3/c1-18(2)19-9-11-21(12-10-19)25(29)27-17-24(20-7-5-4-6-8-20)28-26(30)22-13-15-23(31-3)16-14-22/h4-16,18,24H,17H2,1-3H3,(H,27,29)(H,28,30). The summed E-state index contributed by atoms with van der Waals surface area (Å²) in [6.07, 6.45) is 0. The van der Waals surface area contributed by atoms with Crippen LogP contribution >= 0.6 is 0 Å². The number of benzene rings is 3. The van der Waals surface area contributed by atoms with Crippen molar-refractivity contribution in [3.63, 3.8) is 0 Å². The molecule has 1 unspecified atom stereocenters. The zero-order valence-electron chi connectivity index (χ0n) is 18.1. The number of rotatable bonds is 8. The smallest absolute Gasteiger partial charge is 0.251 e. The number of nitrogens with one attached hydrogen (secondary N) is 2. The first-order valence-electron chi connectivity index (χ1n) is 10.4. The summed E-state index contributed by atoms with van der Waals surface area (Å²) in [4.78, 5) is 25.4. The van der Waals surface area contributed by atoms with Gasteiger partial charge in [0, 0.05) is 17.7 Å². The fourth-order valence-corrected chi connectivity index (χ4v) is 3.24. The summed E-state index contributed by atoms with van der Waals surface area (Å²) in [5.74, 6) is 0.710. The fourth-order valence-electron chi connectivity index (χ4n) is 3.24. The van der Waals surface area contributed by atoms with Gasteiger partial charge in [0.25, 0.3) is 11.8 Å². The van der Waals surface area contributed by atoms with Gasteiger partial charge in [-0.05, 0) is 53.4 Å². The van der Waals surface area contributed by atoms with E-state index in [1.807, 2.05) is 54.6 Å². The molecule has 5 heteroatoms. The molecule has 0 fully saturated rings. The first-order chi connectivity index (χ1) is 15.0. The number of carbonyl (C=O) groups is 2. The van der Waals surface area contributed by atoms with E-state index < -0.39 is 0 Å². The normalized spacial score (nSPS) is 11.6. The molecule has 0 aliphatic carbocycles. The van der Waals surface area contributed by atoms with Gasteiger partial charge in [-0.25, -0.2) is 0 Å². The molecule has 2 N–H and O–H groups in total. The van der Waals surface area contributed by atoms with Gasteiger partial charge < -0.3 is 15.4 Å². The van der Waals surface area contributed by atoms with E-state index in [0.29, 0.717) is 22.8 Å². The van der Waals surface area contributed by atoms with E-state index in [1.54, 1.807) is 31.4 Å². The van der Waals surface area contributed by atoms with Crippen LogP contribution in [0.3, 0.4) is 0 Å². The van der Waals surface area contributed by atoms with Crippen LogP contribution in [-0.2, 0) is 0 Å². The Morgan fingerprint density at radius 1 is 0.774 bits per heavy atom. The van der Waals surface area contributed by atoms with Crippen molar-refractivity contribution < 1.29 is 14.3 Å². The first-order valence-corrected chi connectivity index (χ1v) is 10.4. The lowest BCUT2D eigenvalue weighted by Crippen LogP contribution is -2.38. The Morgan fingerprint density at radius 2 is 1.35 bits per heavy atom. The molecule has 0 bridgehead atoms. The van der Waals surface area contributed by atoms with Gasteiger partial charge in [-0.3, -0.25) is 9.59 Å². The molecular weight excluding hydrogens is 388 g/mol. The Hall–Kier alpha value is -3.60. The predicted octanol–water partition coefficient (Wildman–Crippen LogP) is 4.72. The zero-order chi connectivity index (χ0) is 22.2. The van der Waals surface area contributed by atoms with Crippen LogP contribution in [0.4, 0.5) is 0 Å². The number of ether oxygens (including phenoxy) is 1. The predicted molar refractivity (Wildman–Crippen MR) is 123 cm³/mol. The molecule has 2 amide bonds. The van der Waals surface area contributed by atoms with Gasteiger partial charge in [0.05, 0.1) is 13.2 Å². The van der Waals surface area contributed by atoms with E-state index in [-0.39, 0.29) is 24.4 Å². The summed E-state index contributed by atoms with van der Waals surface area (Å²) in [7, 11) is 1.58. The van der Waals surface area contributed by atoms with Crippen LogP contribution in [0.5, 0.6) is 5.75 Å². The third kappa shape index (κ3) is 5.95. The highest BCUT2D eigenvalue weighted by molar-refractivity contribution is 5.95. The summed E-state index contributed by atoms with van der Waals surface area (Å²) < 4.78 is 5.15. The Labute approximate surface area is 183 Å². The Balaban J connectivity index is 1.70. The highest BCUT2D eigenvalue weighted by Crippen LogP contribution is 2.17. The van der Waals surface area contributed by atoms with Crippen LogP contribution in [0, 0.1) is 0 Å². The SMILES string of the molecule is COc1ccc(C(=O)NC(CNC(=O)c2ccc(C(C)C)cc2)c2ccccc2)cc1. The monoisotopic (exact) mass is 416 g/mol. The summed E-state index contributed by atoms with van der Waals surface area (Å²) in [5.41, 5.74) is 3.22. The topological polar surface area (TPSA) is 67.4 Å². The van der Waals surface area contributed by atoms with Crippen molar-refractivity contribution >= 4 is 11.8 Å². The second kappa shape index (κ2) is 10.4. The van der Waals surface area contributed by atoms with Gasteiger partial charge in [0.15, 0.2) is 0 Å². The summed E-state index contributed by atoms with van der Waals surface area (Å²) >= 11 is 0. The Kier molecular flexibility index (Phi) is 7.44. The quantitative estimate of drug-likeness (QED) is 0.558. The minimum Gasteiger partial charge on any atom is -0.497 e. The van der Waals surface area contributed by atoms with Crippen LogP contribution in [0.25, 0.3) is 0 Å². The van der Waals surface area contributed by atoms with Gasteiger partial charge in [-0.1, -0.05) is 56.3 Å². The molecule has 31 heavy (non-hydrogen) atoms. The summed E-state index contributed by atoms with van der Waals surface area (Å²) in [6, 6.07) is 23.8. The molecule has 0 aliphatic rings. The molecular formula is C26H28N2O3. The molecule has 3 rings (SSSR count). The van der Waals surface area contributed by atoms with E-state index >= 15 is 0 Å². The van der Waals surface area contributed by atoms with Gasteiger partial charge in [0.1, 0.15) is 5.75 Å². The van der Waals surface area contributed by atoms with Crippen molar-refractivity contribution in [1.82, 2.24) is 10.6 Å². The molecule has 0 saturated carbocycles. The Bertz CT molecular complexity index is 997. The van der Waals surface area contributed by atoms with E-state index in [0.717, 1.165) is 5.56 Å². The maximum absolute atomic E-state index is 12.8. The van der Waals surface area contributed by atoms with Gasteiger partial charge >= 0.3 is 0 Å². The molecule has 1 atom stereocenters. The molecule has 0 spiro atoms. The molecule has 0 radical (unpaired) electrons. The molecule has 0 aromatic heterocycles. The average Bonchev–Trinajstić information content (AvgIpc) is 2.82. The van der Waals surface area contributed by atoms with Crippen LogP contribution < -0.4 is 15.4 Å². The number of methoxy groups -OCH3 is 1. The van der Waals surface area contributed by atoms with Crippen LogP contribution in [-0.4, -0.2) is 25.5 Å². The molecule has 3 aromatic rings. The van der Waals surface area contributed by atoms with E-state index in [4.69, 9.17) is 4.74 Å². The molecule has 5 nitrogen and oxygen atoms in total. The molecule has 0 heterocycles.